The van der Waals surface area contributed by atoms with E-state index in [9.17, 15) is 0 Å². The molecule has 3 rings (SSSR count). The molecule has 1 atom stereocenters. The van der Waals surface area contributed by atoms with Gasteiger partial charge in [-0.3, -0.25) is 0 Å². The fraction of sp³-hybridized carbons (Fsp3) is 0.533. The smallest absolute Gasteiger partial charge is 0.0931 e. The highest BCUT2D eigenvalue weighted by molar-refractivity contribution is 5.75. The van der Waals surface area contributed by atoms with Gasteiger partial charge in [-0.2, -0.15) is 0 Å². The molecule has 0 amide bonds. The number of nitrogens with one attached hydrogen (secondary N) is 3. The van der Waals surface area contributed by atoms with Crippen LogP contribution in [0.4, 0.5) is 0 Å². The zero-order valence-corrected chi connectivity index (χ0v) is 11.7. The lowest BCUT2D eigenvalue weighted by atomic mass is 9.84. The normalized spacial score (nSPS) is 20.2. The number of H-pyrrole nitrogens is 1. The number of benzene rings is 1. The van der Waals surface area contributed by atoms with E-state index in [0.717, 1.165) is 30.7 Å². The maximum absolute atomic E-state index is 4.27. The Labute approximate surface area is 114 Å². The van der Waals surface area contributed by atoms with Crippen molar-refractivity contribution in [3.8, 4) is 0 Å². The third kappa shape index (κ3) is 2.65. The third-order valence-electron chi connectivity index (χ3n) is 4.09. The predicted molar refractivity (Wildman–Crippen MR) is 78.4 cm³/mol. The van der Waals surface area contributed by atoms with Gasteiger partial charge in [-0.05, 0) is 30.7 Å². The monoisotopic (exact) mass is 258 g/mol. The molecule has 0 saturated carbocycles. The fourth-order valence-electron chi connectivity index (χ4n) is 2.69. The van der Waals surface area contributed by atoms with Gasteiger partial charge < -0.3 is 15.6 Å². The molecule has 4 heteroatoms. The molecule has 0 radical (unpaired) electrons. The van der Waals surface area contributed by atoms with Crippen LogP contribution in [0.15, 0.2) is 24.5 Å². The van der Waals surface area contributed by atoms with Gasteiger partial charge in [0, 0.05) is 24.5 Å². The summed E-state index contributed by atoms with van der Waals surface area (Å²) in [5.74, 6) is 0. The molecule has 0 aliphatic carbocycles. The van der Waals surface area contributed by atoms with E-state index in [4.69, 9.17) is 0 Å². The molecular formula is C15H22N4. The Morgan fingerprint density at radius 3 is 3.11 bits per heavy atom. The van der Waals surface area contributed by atoms with Crippen molar-refractivity contribution in [3.05, 3.63) is 30.1 Å². The molecule has 2 aromatic rings. The first-order valence-corrected chi connectivity index (χ1v) is 7.03. The first kappa shape index (κ1) is 12.6. The molecule has 1 aromatic carbocycles. The Hall–Kier alpha value is -1.39. The minimum Gasteiger partial charge on any atom is -0.345 e. The lowest BCUT2D eigenvalue weighted by Gasteiger charge is -2.27. The highest BCUT2D eigenvalue weighted by Crippen LogP contribution is 2.25. The minimum absolute atomic E-state index is 0.127. The molecule has 1 saturated heterocycles. The first-order valence-electron chi connectivity index (χ1n) is 7.03. The second-order valence-corrected chi connectivity index (χ2v) is 6.09. The quantitative estimate of drug-likeness (QED) is 0.783. The topological polar surface area (TPSA) is 52.7 Å². The Balaban J connectivity index is 1.73. The minimum atomic E-state index is 0.127. The number of rotatable bonds is 4. The summed E-state index contributed by atoms with van der Waals surface area (Å²) in [4.78, 5) is 7.46. The van der Waals surface area contributed by atoms with Crippen LogP contribution in [0, 0.1) is 0 Å². The van der Waals surface area contributed by atoms with E-state index in [1.165, 1.54) is 12.0 Å². The van der Waals surface area contributed by atoms with Gasteiger partial charge in [-0.15, -0.1) is 0 Å². The van der Waals surface area contributed by atoms with Crippen LogP contribution in [-0.4, -0.2) is 35.6 Å². The van der Waals surface area contributed by atoms with E-state index in [1.54, 1.807) is 6.33 Å². The molecule has 2 heterocycles. The van der Waals surface area contributed by atoms with Crippen molar-refractivity contribution < 1.29 is 0 Å². The highest BCUT2D eigenvalue weighted by Gasteiger charge is 2.23. The Morgan fingerprint density at radius 1 is 1.42 bits per heavy atom. The fourth-order valence-corrected chi connectivity index (χ4v) is 2.69. The summed E-state index contributed by atoms with van der Waals surface area (Å²) in [7, 11) is 0. The maximum Gasteiger partial charge on any atom is 0.0931 e. The van der Waals surface area contributed by atoms with Crippen LogP contribution in [0.2, 0.25) is 0 Å². The molecule has 1 fully saturated rings. The lowest BCUT2D eigenvalue weighted by Crippen LogP contribution is -2.40. The van der Waals surface area contributed by atoms with Crippen LogP contribution in [0.5, 0.6) is 0 Å². The number of fused-ring (bicyclic) bond motifs is 1. The lowest BCUT2D eigenvalue weighted by molar-refractivity contribution is 0.429. The average Bonchev–Trinajstić information content (AvgIpc) is 3.06. The van der Waals surface area contributed by atoms with Gasteiger partial charge in [0.15, 0.2) is 0 Å². The standard InChI is InChI=1S/C15H22N4/c1-15(2,9-17-12-5-6-16-8-12)11-3-4-13-14(7-11)19-10-18-13/h3-4,7,10,12,16-17H,5-6,8-9H2,1-2H3,(H,18,19). The van der Waals surface area contributed by atoms with Gasteiger partial charge in [0.2, 0.25) is 0 Å². The van der Waals surface area contributed by atoms with Crippen LogP contribution in [0.25, 0.3) is 11.0 Å². The van der Waals surface area contributed by atoms with Crippen LogP contribution in [0.1, 0.15) is 25.8 Å². The number of hydrogen-bond acceptors (Lipinski definition) is 3. The second-order valence-electron chi connectivity index (χ2n) is 6.09. The highest BCUT2D eigenvalue weighted by atomic mass is 15.0. The maximum atomic E-state index is 4.27. The second kappa shape index (κ2) is 4.94. The van der Waals surface area contributed by atoms with Gasteiger partial charge in [-0.1, -0.05) is 19.9 Å². The van der Waals surface area contributed by atoms with E-state index in [1.807, 2.05) is 0 Å². The van der Waals surface area contributed by atoms with Crippen molar-refractivity contribution in [1.29, 1.82) is 0 Å². The van der Waals surface area contributed by atoms with Crippen molar-refractivity contribution in [1.82, 2.24) is 20.6 Å². The van der Waals surface area contributed by atoms with Gasteiger partial charge in [-0.25, -0.2) is 4.98 Å². The van der Waals surface area contributed by atoms with Crippen LogP contribution < -0.4 is 10.6 Å². The van der Waals surface area contributed by atoms with Crippen molar-refractivity contribution in [2.45, 2.75) is 31.7 Å². The summed E-state index contributed by atoms with van der Waals surface area (Å²) in [5.41, 5.74) is 3.63. The van der Waals surface area contributed by atoms with Crippen molar-refractivity contribution in [3.63, 3.8) is 0 Å². The molecule has 102 valence electrons. The van der Waals surface area contributed by atoms with Crippen molar-refractivity contribution in [2.24, 2.45) is 0 Å². The van der Waals surface area contributed by atoms with Gasteiger partial charge in [0.05, 0.1) is 17.4 Å². The van der Waals surface area contributed by atoms with Crippen molar-refractivity contribution >= 4 is 11.0 Å². The number of aromatic amines is 1. The Morgan fingerprint density at radius 2 is 2.32 bits per heavy atom. The summed E-state index contributed by atoms with van der Waals surface area (Å²) >= 11 is 0. The number of imidazole rings is 1. The molecule has 19 heavy (non-hydrogen) atoms. The zero-order valence-electron chi connectivity index (χ0n) is 11.7. The number of aromatic nitrogens is 2. The van der Waals surface area contributed by atoms with Gasteiger partial charge in [0.25, 0.3) is 0 Å². The van der Waals surface area contributed by atoms with E-state index in [2.05, 4.69) is 52.6 Å². The molecule has 1 unspecified atom stereocenters. The molecule has 4 nitrogen and oxygen atoms in total. The largest absolute Gasteiger partial charge is 0.345 e. The van der Waals surface area contributed by atoms with Gasteiger partial charge in [0.1, 0.15) is 0 Å². The Kier molecular flexibility index (Phi) is 3.29. The molecular weight excluding hydrogens is 236 g/mol. The summed E-state index contributed by atoms with van der Waals surface area (Å²) in [6.07, 6.45) is 2.99. The molecule has 1 aliphatic rings. The third-order valence-corrected chi connectivity index (χ3v) is 4.09. The summed E-state index contributed by atoms with van der Waals surface area (Å²) in [6, 6.07) is 7.13. The molecule has 1 aromatic heterocycles. The number of hydrogen-bond donors (Lipinski definition) is 3. The zero-order chi connectivity index (χ0) is 13.3. The average molecular weight is 258 g/mol. The van der Waals surface area contributed by atoms with Crippen LogP contribution in [-0.2, 0) is 5.41 Å². The van der Waals surface area contributed by atoms with Crippen LogP contribution in [0.3, 0.4) is 0 Å². The molecule has 0 spiro atoms. The summed E-state index contributed by atoms with van der Waals surface area (Å²) < 4.78 is 0. The SMILES string of the molecule is CC(C)(CNC1CCNC1)c1ccc2nc[nH]c2c1. The van der Waals surface area contributed by atoms with E-state index in [0.29, 0.717) is 6.04 Å². The van der Waals surface area contributed by atoms with Gasteiger partial charge >= 0.3 is 0 Å². The first-order chi connectivity index (χ1) is 9.15. The molecule has 3 N–H and O–H groups in total. The van der Waals surface area contributed by atoms with E-state index >= 15 is 0 Å². The van der Waals surface area contributed by atoms with E-state index in [-0.39, 0.29) is 5.41 Å². The summed E-state index contributed by atoms with van der Waals surface area (Å²) in [6.45, 7) is 7.81. The van der Waals surface area contributed by atoms with E-state index < -0.39 is 0 Å². The van der Waals surface area contributed by atoms with Crippen molar-refractivity contribution in [2.75, 3.05) is 19.6 Å². The number of nitrogens with zero attached hydrogens (tertiary/aromatic N) is 1. The molecule has 1 aliphatic heterocycles. The Bertz CT molecular complexity index is 552. The summed E-state index contributed by atoms with van der Waals surface area (Å²) in [5, 5.41) is 7.07. The predicted octanol–water partition coefficient (Wildman–Crippen LogP) is 1.79. The van der Waals surface area contributed by atoms with Crippen LogP contribution >= 0.6 is 0 Å². The molecule has 0 bridgehead atoms.